The quantitative estimate of drug-likeness (QED) is 0.847. The summed E-state index contributed by atoms with van der Waals surface area (Å²) in [7, 11) is 0. The van der Waals surface area contributed by atoms with Crippen LogP contribution in [-0.4, -0.2) is 21.7 Å². The minimum atomic E-state index is -0.297. The van der Waals surface area contributed by atoms with Crippen LogP contribution >= 0.6 is 23.2 Å². The fourth-order valence-corrected chi connectivity index (χ4v) is 1.81. The Kier molecular flexibility index (Phi) is 4.36. The smallest absolute Gasteiger partial charge is 0.224 e. The molecule has 0 unspecified atom stereocenters. The standard InChI is InChI=1S/C12H11Cl2N3O/c13-9-6-15-12(14)17-11(9)16-10(7-18)8-4-2-1-3-5-8/h1-6,10,18H,7H2,(H,15,16,17)/t10-/m1/s1. The van der Waals surface area contributed by atoms with E-state index in [2.05, 4.69) is 15.3 Å². The van der Waals surface area contributed by atoms with Crippen LogP contribution < -0.4 is 5.32 Å². The van der Waals surface area contributed by atoms with Crippen molar-refractivity contribution < 1.29 is 5.11 Å². The van der Waals surface area contributed by atoms with Gasteiger partial charge in [-0.3, -0.25) is 0 Å². The first-order valence-electron chi connectivity index (χ1n) is 5.31. The van der Waals surface area contributed by atoms with Crippen LogP contribution in [0.15, 0.2) is 36.5 Å². The van der Waals surface area contributed by atoms with Crippen LogP contribution in [-0.2, 0) is 0 Å². The molecule has 1 atom stereocenters. The summed E-state index contributed by atoms with van der Waals surface area (Å²) in [5, 5.41) is 12.9. The molecule has 2 N–H and O–H groups in total. The van der Waals surface area contributed by atoms with Crippen molar-refractivity contribution in [2.24, 2.45) is 0 Å². The van der Waals surface area contributed by atoms with E-state index in [4.69, 9.17) is 23.2 Å². The van der Waals surface area contributed by atoms with E-state index in [1.807, 2.05) is 30.3 Å². The fourth-order valence-electron chi connectivity index (χ4n) is 1.53. The highest BCUT2D eigenvalue weighted by Crippen LogP contribution is 2.24. The van der Waals surface area contributed by atoms with E-state index in [0.29, 0.717) is 10.8 Å². The van der Waals surface area contributed by atoms with E-state index in [9.17, 15) is 5.11 Å². The molecular weight excluding hydrogens is 273 g/mol. The predicted molar refractivity (Wildman–Crippen MR) is 71.9 cm³/mol. The van der Waals surface area contributed by atoms with Crippen molar-refractivity contribution >= 4 is 29.0 Å². The predicted octanol–water partition coefficient (Wildman–Crippen LogP) is 2.93. The highest BCUT2D eigenvalue weighted by molar-refractivity contribution is 6.33. The minimum absolute atomic E-state index is 0.0814. The van der Waals surface area contributed by atoms with E-state index in [1.165, 1.54) is 6.20 Å². The van der Waals surface area contributed by atoms with E-state index < -0.39 is 0 Å². The maximum Gasteiger partial charge on any atom is 0.224 e. The molecule has 0 aliphatic heterocycles. The molecule has 2 aromatic rings. The number of hydrogen-bond acceptors (Lipinski definition) is 4. The van der Waals surface area contributed by atoms with Crippen LogP contribution in [0.4, 0.5) is 5.82 Å². The monoisotopic (exact) mass is 283 g/mol. The zero-order valence-electron chi connectivity index (χ0n) is 9.35. The number of rotatable bonds is 4. The Morgan fingerprint density at radius 1 is 1.22 bits per heavy atom. The number of aliphatic hydroxyl groups excluding tert-OH is 1. The molecule has 0 fully saturated rings. The normalized spacial score (nSPS) is 12.2. The van der Waals surface area contributed by atoms with Gasteiger partial charge < -0.3 is 10.4 Å². The van der Waals surface area contributed by atoms with Crippen LogP contribution in [0, 0.1) is 0 Å². The molecule has 0 amide bonds. The van der Waals surface area contributed by atoms with E-state index in [0.717, 1.165) is 5.56 Å². The molecule has 0 aliphatic rings. The van der Waals surface area contributed by atoms with Gasteiger partial charge in [0, 0.05) is 0 Å². The third-order valence-electron chi connectivity index (χ3n) is 2.41. The van der Waals surface area contributed by atoms with E-state index >= 15 is 0 Å². The number of halogens is 2. The summed E-state index contributed by atoms with van der Waals surface area (Å²) in [6.45, 7) is -0.0814. The third kappa shape index (κ3) is 3.10. The van der Waals surface area contributed by atoms with Gasteiger partial charge in [-0.05, 0) is 17.2 Å². The van der Waals surface area contributed by atoms with Gasteiger partial charge in [0.25, 0.3) is 0 Å². The Morgan fingerprint density at radius 2 is 1.94 bits per heavy atom. The Balaban J connectivity index is 2.23. The second kappa shape index (κ2) is 6.00. The zero-order chi connectivity index (χ0) is 13.0. The van der Waals surface area contributed by atoms with E-state index in [-0.39, 0.29) is 17.9 Å². The average molecular weight is 284 g/mol. The fraction of sp³-hybridized carbons (Fsp3) is 0.167. The molecule has 4 nitrogen and oxygen atoms in total. The van der Waals surface area contributed by atoms with Crippen LogP contribution in [0.2, 0.25) is 10.3 Å². The van der Waals surface area contributed by atoms with Crippen molar-refractivity contribution in [3.63, 3.8) is 0 Å². The summed E-state index contributed by atoms with van der Waals surface area (Å²) in [6, 6.07) is 9.22. The molecule has 2 rings (SSSR count). The zero-order valence-corrected chi connectivity index (χ0v) is 10.9. The van der Waals surface area contributed by atoms with Gasteiger partial charge in [-0.15, -0.1) is 0 Å². The molecule has 0 saturated carbocycles. The lowest BCUT2D eigenvalue weighted by Crippen LogP contribution is -2.16. The number of nitrogens with zero attached hydrogens (tertiary/aromatic N) is 2. The molecule has 1 aromatic carbocycles. The molecule has 18 heavy (non-hydrogen) atoms. The van der Waals surface area contributed by atoms with Gasteiger partial charge in [-0.1, -0.05) is 41.9 Å². The summed E-state index contributed by atoms with van der Waals surface area (Å²) in [6.07, 6.45) is 1.42. The molecule has 6 heteroatoms. The summed E-state index contributed by atoms with van der Waals surface area (Å²) in [4.78, 5) is 7.75. The highest BCUT2D eigenvalue weighted by atomic mass is 35.5. The summed E-state index contributed by atoms with van der Waals surface area (Å²) in [5.41, 5.74) is 0.936. The average Bonchev–Trinajstić information content (AvgIpc) is 2.41. The number of aromatic nitrogens is 2. The molecule has 0 saturated heterocycles. The molecular formula is C12H11Cl2N3O. The lowest BCUT2D eigenvalue weighted by Gasteiger charge is -2.17. The first-order valence-corrected chi connectivity index (χ1v) is 6.06. The summed E-state index contributed by atoms with van der Waals surface area (Å²) >= 11 is 11.7. The topological polar surface area (TPSA) is 58.0 Å². The van der Waals surface area contributed by atoms with Crippen molar-refractivity contribution in [3.05, 3.63) is 52.4 Å². The summed E-state index contributed by atoms with van der Waals surface area (Å²) in [5.74, 6) is 0.402. The number of nitrogens with one attached hydrogen (secondary N) is 1. The lowest BCUT2D eigenvalue weighted by atomic mass is 10.1. The summed E-state index contributed by atoms with van der Waals surface area (Å²) < 4.78 is 0. The Labute approximate surface area is 115 Å². The van der Waals surface area contributed by atoms with Crippen molar-refractivity contribution in [1.29, 1.82) is 0 Å². The van der Waals surface area contributed by atoms with E-state index in [1.54, 1.807) is 0 Å². The second-order valence-corrected chi connectivity index (χ2v) is 4.37. The lowest BCUT2D eigenvalue weighted by molar-refractivity contribution is 0.276. The first-order chi connectivity index (χ1) is 8.70. The van der Waals surface area contributed by atoms with Crippen molar-refractivity contribution in [2.45, 2.75) is 6.04 Å². The van der Waals surface area contributed by atoms with Gasteiger partial charge in [0.15, 0.2) is 0 Å². The molecule has 0 aliphatic carbocycles. The second-order valence-electron chi connectivity index (χ2n) is 3.63. The van der Waals surface area contributed by atoms with Crippen LogP contribution in [0.1, 0.15) is 11.6 Å². The SMILES string of the molecule is OC[C@@H](Nc1nc(Cl)ncc1Cl)c1ccccc1. The van der Waals surface area contributed by atoms with Crippen LogP contribution in [0.3, 0.4) is 0 Å². The van der Waals surface area contributed by atoms with Crippen LogP contribution in [0.5, 0.6) is 0 Å². The van der Waals surface area contributed by atoms with Crippen molar-refractivity contribution in [3.8, 4) is 0 Å². The molecule has 1 aromatic heterocycles. The minimum Gasteiger partial charge on any atom is -0.394 e. The number of anilines is 1. The maximum atomic E-state index is 9.42. The molecule has 0 bridgehead atoms. The number of aliphatic hydroxyl groups is 1. The van der Waals surface area contributed by atoms with Gasteiger partial charge in [0.05, 0.1) is 18.8 Å². The van der Waals surface area contributed by atoms with Gasteiger partial charge in [-0.2, -0.15) is 4.98 Å². The Bertz CT molecular complexity index is 522. The van der Waals surface area contributed by atoms with Gasteiger partial charge in [-0.25, -0.2) is 4.98 Å². The molecule has 1 heterocycles. The third-order valence-corrected chi connectivity index (χ3v) is 2.87. The van der Waals surface area contributed by atoms with Gasteiger partial charge in [0.2, 0.25) is 5.28 Å². The highest BCUT2D eigenvalue weighted by Gasteiger charge is 2.13. The largest absolute Gasteiger partial charge is 0.394 e. The van der Waals surface area contributed by atoms with Gasteiger partial charge in [0.1, 0.15) is 10.8 Å². The Morgan fingerprint density at radius 3 is 2.61 bits per heavy atom. The number of benzene rings is 1. The van der Waals surface area contributed by atoms with Crippen molar-refractivity contribution in [1.82, 2.24) is 9.97 Å². The first kappa shape index (κ1) is 13.1. The molecule has 94 valence electrons. The van der Waals surface area contributed by atoms with Gasteiger partial charge >= 0.3 is 0 Å². The Hall–Kier alpha value is -1.36. The maximum absolute atomic E-state index is 9.42. The molecule has 0 spiro atoms. The van der Waals surface area contributed by atoms with Crippen molar-refractivity contribution in [2.75, 3.05) is 11.9 Å². The molecule has 0 radical (unpaired) electrons. The number of hydrogen-bond donors (Lipinski definition) is 2. The van der Waals surface area contributed by atoms with Crippen LogP contribution in [0.25, 0.3) is 0 Å².